The predicted octanol–water partition coefficient (Wildman–Crippen LogP) is 3.37. The summed E-state index contributed by atoms with van der Waals surface area (Å²) in [5, 5.41) is 2.96. The molecule has 4 nitrogen and oxygen atoms in total. The molecule has 0 fully saturated rings. The Labute approximate surface area is 124 Å². The monoisotopic (exact) mass is 293 g/mol. The lowest BCUT2D eigenvalue weighted by molar-refractivity contribution is 0.0993. The molecule has 4 aromatic rings. The molecule has 0 unspecified atom stereocenters. The van der Waals surface area contributed by atoms with Crippen LogP contribution in [0.25, 0.3) is 15.9 Å². The van der Waals surface area contributed by atoms with E-state index in [2.05, 4.69) is 9.97 Å². The minimum atomic E-state index is 0.0463. The van der Waals surface area contributed by atoms with Crippen molar-refractivity contribution in [3.05, 3.63) is 65.6 Å². The fourth-order valence-electron chi connectivity index (χ4n) is 2.45. The number of hydrogen-bond donors (Lipinski definition) is 0. The van der Waals surface area contributed by atoms with Crippen LogP contribution < -0.4 is 0 Å². The summed E-state index contributed by atoms with van der Waals surface area (Å²) in [5.41, 5.74) is 2.20. The minimum absolute atomic E-state index is 0.0463. The lowest BCUT2D eigenvalue weighted by Gasteiger charge is -2.03. The number of fused-ring (bicyclic) bond motifs is 2. The molecular formula is C16H11N3OS. The standard InChI is InChI=1S/C16H11N3OS/c20-14(9-12-10-19-7-8-21-16(19)18-12)13-5-1-3-11-4-2-6-17-15(11)13/h1-8,10H,9H2. The number of para-hydroxylation sites is 1. The van der Waals surface area contributed by atoms with Gasteiger partial charge in [0, 0.05) is 34.9 Å². The van der Waals surface area contributed by atoms with Crippen molar-refractivity contribution in [2.24, 2.45) is 0 Å². The van der Waals surface area contributed by atoms with Crippen LogP contribution in [0.1, 0.15) is 16.1 Å². The van der Waals surface area contributed by atoms with Gasteiger partial charge in [0.15, 0.2) is 10.7 Å². The highest BCUT2D eigenvalue weighted by Gasteiger charge is 2.13. The van der Waals surface area contributed by atoms with Crippen molar-refractivity contribution < 1.29 is 4.79 Å². The van der Waals surface area contributed by atoms with Crippen LogP contribution in [0.4, 0.5) is 0 Å². The van der Waals surface area contributed by atoms with Crippen molar-refractivity contribution in [2.45, 2.75) is 6.42 Å². The summed E-state index contributed by atoms with van der Waals surface area (Å²) < 4.78 is 1.94. The minimum Gasteiger partial charge on any atom is -0.297 e. The number of thiazole rings is 1. The molecule has 0 bridgehead atoms. The molecule has 0 aliphatic heterocycles. The fraction of sp³-hybridized carbons (Fsp3) is 0.0625. The molecule has 0 saturated carbocycles. The molecule has 0 N–H and O–H groups in total. The summed E-state index contributed by atoms with van der Waals surface area (Å²) in [6.07, 6.45) is 5.86. The Bertz CT molecular complexity index is 920. The second-order valence-electron chi connectivity index (χ2n) is 4.81. The number of carbonyl (C=O) groups is 1. The van der Waals surface area contributed by atoms with Crippen LogP contribution in [0.15, 0.2) is 54.3 Å². The molecule has 0 aliphatic carbocycles. The van der Waals surface area contributed by atoms with Crippen LogP contribution in [-0.2, 0) is 6.42 Å². The normalized spacial score (nSPS) is 11.2. The van der Waals surface area contributed by atoms with E-state index in [9.17, 15) is 4.79 Å². The zero-order valence-electron chi connectivity index (χ0n) is 11.1. The number of imidazole rings is 1. The Balaban J connectivity index is 1.71. The molecule has 4 rings (SSSR count). The van der Waals surface area contributed by atoms with Gasteiger partial charge in [-0.15, -0.1) is 11.3 Å². The number of ketones is 1. The molecule has 21 heavy (non-hydrogen) atoms. The lowest BCUT2D eigenvalue weighted by atomic mass is 10.0. The molecule has 0 atom stereocenters. The Kier molecular flexibility index (Phi) is 2.79. The maximum atomic E-state index is 12.5. The highest BCUT2D eigenvalue weighted by atomic mass is 32.1. The summed E-state index contributed by atoms with van der Waals surface area (Å²) in [4.78, 5) is 22.2. The number of nitrogens with zero attached hydrogens (tertiary/aromatic N) is 3. The number of pyridine rings is 1. The summed E-state index contributed by atoms with van der Waals surface area (Å²) >= 11 is 1.56. The van der Waals surface area contributed by atoms with E-state index in [0.29, 0.717) is 12.0 Å². The Hall–Kier alpha value is -2.53. The van der Waals surface area contributed by atoms with E-state index in [4.69, 9.17) is 0 Å². The number of Topliss-reactive ketones (excluding diaryl/α,β-unsaturated/α-hetero) is 1. The molecule has 3 aromatic heterocycles. The van der Waals surface area contributed by atoms with Crippen LogP contribution in [0.3, 0.4) is 0 Å². The van der Waals surface area contributed by atoms with E-state index in [1.807, 2.05) is 52.5 Å². The molecule has 102 valence electrons. The van der Waals surface area contributed by atoms with Crippen LogP contribution in [0.5, 0.6) is 0 Å². The topological polar surface area (TPSA) is 47.3 Å². The summed E-state index contributed by atoms with van der Waals surface area (Å²) in [6.45, 7) is 0. The van der Waals surface area contributed by atoms with Gasteiger partial charge >= 0.3 is 0 Å². The second-order valence-corrected chi connectivity index (χ2v) is 5.68. The molecule has 0 amide bonds. The van der Waals surface area contributed by atoms with Gasteiger partial charge in [0.05, 0.1) is 17.6 Å². The third-order valence-electron chi connectivity index (χ3n) is 3.42. The molecular weight excluding hydrogens is 282 g/mol. The first-order valence-electron chi connectivity index (χ1n) is 6.59. The number of aromatic nitrogens is 3. The average molecular weight is 293 g/mol. The van der Waals surface area contributed by atoms with Gasteiger partial charge in [-0.1, -0.05) is 18.2 Å². The number of benzene rings is 1. The van der Waals surface area contributed by atoms with Crippen molar-refractivity contribution in [3.63, 3.8) is 0 Å². The van der Waals surface area contributed by atoms with E-state index >= 15 is 0 Å². The van der Waals surface area contributed by atoms with Crippen molar-refractivity contribution in [2.75, 3.05) is 0 Å². The Morgan fingerprint density at radius 2 is 2.14 bits per heavy atom. The molecule has 0 aliphatic rings. The first-order valence-corrected chi connectivity index (χ1v) is 7.47. The largest absolute Gasteiger partial charge is 0.297 e. The molecule has 0 radical (unpaired) electrons. The first-order chi connectivity index (χ1) is 10.3. The number of rotatable bonds is 3. The molecule has 3 heterocycles. The number of carbonyl (C=O) groups excluding carboxylic acids is 1. The van der Waals surface area contributed by atoms with Gasteiger partial charge < -0.3 is 0 Å². The third-order valence-corrected chi connectivity index (χ3v) is 4.19. The Morgan fingerprint density at radius 1 is 1.24 bits per heavy atom. The van der Waals surface area contributed by atoms with Crippen molar-refractivity contribution >= 4 is 33.0 Å². The van der Waals surface area contributed by atoms with Crippen molar-refractivity contribution in [1.29, 1.82) is 0 Å². The molecule has 0 spiro atoms. The van der Waals surface area contributed by atoms with Gasteiger partial charge in [-0.05, 0) is 12.1 Å². The summed E-state index contributed by atoms with van der Waals surface area (Å²) in [7, 11) is 0. The average Bonchev–Trinajstić information content (AvgIpc) is 3.07. The van der Waals surface area contributed by atoms with E-state index in [1.165, 1.54) is 0 Å². The maximum Gasteiger partial charge on any atom is 0.193 e. The van der Waals surface area contributed by atoms with E-state index < -0.39 is 0 Å². The quantitative estimate of drug-likeness (QED) is 0.544. The smallest absolute Gasteiger partial charge is 0.193 e. The highest BCUT2D eigenvalue weighted by molar-refractivity contribution is 7.15. The highest BCUT2D eigenvalue weighted by Crippen LogP contribution is 2.19. The summed E-state index contributed by atoms with van der Waals surface area (Å²) in [6, 6.07) is 9.52. The zero-order chi connectivity index (χ0) is 14.2. The van der Waals surface area contributed by atoms with E-state index in [1.54, 1.807) is 17.5 Å². The van der Waals surface area contributed by atoms with Gasteiger partial charge in [0.1, 0.15) is 0 Å². The van der Waals surface area contributed by atoms with Crippen LogP contribution >= 0.6 is 11.3 Å². The Morgan fingerprint density at radius 3 is 3.05 bits per heavy atom. The van der Waals surface area contributed by atoms with Crippen LogP contribution in [-0.4, -0.2) is 20.2 Å². The van der Waals surface area contributed by atoms with Crippen molar-refractivity contribution in [3.8, 4) is 0 Å². The summed E-state index contributed by atoms with van der Waals surface area (Å²) in [5.74, 6) is 0.0463. The van der Waals surface area contributed by atoms with Crippen LogP contribution in [0, 0.1) is 0 Å². The maximum absolute atomic E-state index is 12.5. The number of hydrogen-bond acceptors (Lipinski definition) is 4. The third kappa shape index (κ3) is 2.11. The van der Waals surface area contributed by atoms with Gasteiger partial charge in [-0.25, -0.2) is 4.98 Å². The van der Waals surface area contributed by atoms with E-state index in [0.717, 1.165) is 21.6 Å². The zero-order valence-corrected chi connectivity index (χ0v) is 11.9. The predicted molar refractivity (Wildman–Crippen MR) is 82.8 cm³/mol. The van der Waals surface area contributed by atoms with Gasteiger partial charge in [0.2, 0.25) is 0 Å². The lowest BCUT2D eigenvalue weighted by Crippen LogP contribution is -2.05. The van der Waals surface area contributed by atoms with Crippen molar-refractivity contribution in [1.82, 2.24) is 14.4 Å². The molecule has 5 heteroatoms. The van der Waals surface area contributed by atoms with Gasteiger partial charge in [-0.2, -0.15) is 0 Å². The van der Waals surface area contributed by atoms with Gasteiger partial charge in [0.25, 0.3) is 0 Å². The first kappa shape index (κ1) is 12.2. The molecule has 0 saturated heterocycles. The van der Waals surface area contributed by atoms with Crippen LogP contribution in [0.2, 0.25) is 0 Å². The fourth-order valence-corrected chi connectivity index (χ4v) is 3.17. The SMILES string of the molecule is O=C(Cc1cn2ccsc2n1)c1cccc2cccnc12. The molecule has 1 aromatic carbocycles. The second kappa shape index (κ2) is 4.79. The van der Waals surface area contributed by atoms with Gasteiger partial charge in [-0.3, -0.25) is 14.2 Å². The van der Waals surface area contributed by atoms with E-state index in [-0.39, 0.29) is 5.78 Å².